The molecule has 224 valence electrons. The highest BCUT2D eigenvalue weighted by atomic mass is 16.6. The topological polar surface area (TPSA) is 60.0 Å². The van der Waals surface area contributed by atoms with Crippen LogP contribution in [0.1, 0.15) is 109 Å². The zero-order valence-electron chi connectivity index (χ0n) is 26.2. The summed E-state index contributed by atoms with van der Waals surface area (Å²) in [6.45, 7) is 16.2. The quantitative estimate of drug-likeness (QED) is 0.416. The van der Waals surface area contributed by atoms with Gasteiger partial charge < -0.3 is 24.4 Å². The van der Waals surface area contributed by atoms with E-state index in [2.05, 4.69) is 81.5 Å². The Bertz CT molecular complexity index is 1210. The number of benzene rings is 2. The van der Waals surface area contributed by atoms with E-state index in [9.17, 15) is 4.79 Å². The molecule has 2 aromatic carbocycles. The van der Waals surface area contributed by atoms with E-state index in [1.54, 1.807) is 0 Å². The summed E-state index contributed by atoms with van der Waals surface area (Å²) in [6.07, 6.45) is 6.29. The average Bonchev–Trinajstić information content (AvgIpc) is 3.59. The fourth-order valence-electron chi connectivity index (χ4n) is 6.97. The van der Waals surface area contributed by atoms with Crippen LogP contribution >= 0.6 is 0 Å². The van der Waals surface area contributed by atoms with E-state index in [0.29, 0.717) is 6.04 Å². The van der Waals surface area contributed by atoms with Gasteiger partial charge in [0.1, 0.15) is 11.7 Å². The van der Waals surface area contributed by atoms with Crippen molar-refractivity contribution in [3.05, 3.63) is 70.8 Å². The molecule has 4 heterocycles. The molecule has 6 heteroatoms. The first-order chi connectivity index (χ1) is 19.3. The molecule has 6 nitrogen and oxygen atoms in total. The minimum Gasteiger partial charge on any atom is -0.444 e. The van der Waals surface area contributed by atoms with Crippen molar-refractivity contribution in [2.75, 3.05) is 13.1 Å². The van der Waals surface area contributed by atoms with E-state index >= 15 is 0 Å². The first-order valence-corrected chi connectivity index (χ1v) is 15.6. The first-order valence-electron chi connectivity index (χ1n) is 15.6. The smallest absolute Gasteiger partial charge is 0.410 e. The van der Waals surface area contributed by atoms with Crippen molar-refractivity contribution in [2.45, 2.75) is 128 Å². The van der Waals surface area contributed by atoms with Gasteiger partial charge >= 0.3 is 6.09 Å². The van der Waals surface area contributed by atoms with Gasteiger partial charge in [-0.15, -0.1) is 0 Å². The molecule has 4 aliphatic rings. The molecule has 2 fully saturated rings. The maximum atomic E-state index is 12.6. The molecule has 6 rings (SSSR count). The average molecular weight is 563 g/mol. The number of nitrogens with one attached hydrogen (secondary N) is 1. The van der Waals surface area contributed by atoms with Crippen LogP contribution in [0.3, 0.4) is 0 Å². The predicted molar refractivity (Wildman–Crippen MR) is 163 cm³/mol. The van der Waals surface area contributed by atoms with Gasteiger partial charge in [-0.3, -0.25) is 0 Å². The molecule has 4 aliphatic heterocycles. The summed E-state index contributed by atoms with van der Waals surface area (Å²) in [4.78, 5) is 14.5. The summed E-state index contributed by atoms with van der Waals surface area (Å²) in [6, 6.07) is 17.7. The van der Waals surface area contributed by atoms with Crippen molar-refractivity contribution in [3.63, 3.8) is 0 Å². The lowest BCUT2D eigenvalue weighted by molar-refractivity contribution is -0.112. The van der Waals surface area contributed by atoms with E-state index in [-0.39, 0.29) is 35.5 Å². The number of nitrogens with zero attached hydrogens (tertiary/aromatic N) is 1. The van der Waals surface area contributed by atoms with E-state index in [1.165, 1.54) is 35.1 Å². The molecule has 4 atom stereocenters. The van der Waals surface area contributed by atoms with Gasteiger partial charge in [-0.05, 0) is 103 Å². The highest BCUT2D eigenvalue weighted by Gasteiger charge is 2.43. The Morgan fingerprint density at radius 1 is 0.854 bits per heavy atom. The molecular weight excluding hydrogens is 512 g/mol. The summed E-state index contributed by atoms with van der Waals surface area (Å²) >= 11 is 0. The van der Waals surface area contributed by atoms with E-state index < -0.39 is 5.60 Å². The first kappa shape index (κ1) is 30.1. The van der Waals surface area contributed by atoms with Crippen LogP contribution in [-0.4, -0.2) is 53.0 Å². The van der Waals surface area contributed by atoms with Gasteiger partial charge in [0.15, 0.2) is 0 Å². The van der Waals surface area contributed by atoms with Gasteiger partial charge in [0.25, 0.3) is 0 Å². The van der Waals surface area contributed by atoms with Gasteiger partial charge in [0.05, 0.1) is 23.3 Å². The molecule has 0 radical (unpaired) electrons. The standard InChI is InChI=1S/C20H29NO3.C15H21NO/c1-19(2,3)24-18(22)21-12-8-11-16(21)17-15-10-7-6-9-14(15)13-20(4,5)23-17;1-15(2)10-11-6-3-4-7-12(11)14(17-15)13-8-5-9-16-13/h6-7,9-10,16-17H,8,11-13H2,1-5H3;3-4,6-7,13-14,16H,5,8-10H2,1-2H3/t16-,17?;13-,14?/m00/s1. The largest absolute Gasteiger partial charge is 0.444 e. The zero-order chi connectivity index (χ0) is 29.4. The molecule has 2 aromatic rings. The van der Waals surface area contributed by atoms with Crippen molar-refractivity contribution in [1.82, 2.24) is 10.2 Å². The number of fused-ring (bicyclic) bond motifs is 2. The number of likely N-dealkylation sites (tertiary alicyclic amines) is 1. The van der Waals surface area contributed by atoms with Gasteiger partial charge in [0.2, 0.25) is 0 Å². The van der Waals surface area contributed by atoms with Crippen LogP contribution in [0.2, 0.25) is 0 Å². The maximum absolute atomic E-state index is 12.6. The molecule has 0 bridgehead atoms. The predicted octanol–water partition coefficient (Wildman–Crippen LogP) is 7.31. The second-order valence-electron chi connectivity index (χ2n) is 14.4. The van der Waals surface area contributed by atoms with Gasteiger partial charge in [-0.25, -0.2) is 4.79 Å². The Balaban J connectivity index is 0.000000174. The van der Waals surface area contributed by atoms with Crippen molar-refractivity contribution >= 4 is 6.09 Å². The summed E-state index contributed by atoms with van der Waals surface area (Å²) in [5, 5.41) is 3.58. The number of rotatable bonds is 2. The van der Waals surface area contributed by atoms with E-state index in [0.717, 1.165) is 38.8 Å². The van der Waals surface area contributed by atoms with Crippen molar-refractivity contribution < 1.29 is 19.0 Å². The van der Waals surface area contributed by atoms with Crippen molar-refractivity contribution in [2.24, 2.45) is 0 Å². The lowest BCUT2D eigenvalue weighted by Gasteiger charge is -2.42. The number of amides is 1. The number of carbonyl (C=O) groups excluding carboxylic acids is 1. The van der Waals surface area contributed by atoms with Gasteiger partial charge in [-0.2, -0.15) is 0 Å². The highest BCUT2D eigenvalue weighted by Crippen LogP contribution is 2.42. The lowest BCUT2D eigenvalue weighted by atomic mass is 9.85. The third-order valence-electron chi connectivity index (χ3n) is 8.59. The van der Waals surface area contributed by atoms with Crippen molar-refractivity contribution in [3.8, 4) is 0 Å². The summed E-state index contributed by atoms with van der Waals surface area (Å²) in [5.74, 6) is 0. The van der Waals surface area contributed by atoms with Gasteiger partial charge in [0, 0.05) is 25.4 Å². The van der Waals surface area contributed by atoms with Gasteiger partial charge in [-0.1, -0.05) is 48.5 Å². The van der Waals surface area contributed by atoms with Crippen LogP contribution in [0, 0.1) is 0 Å². The minimum atomic E-state index is -0.477. The van der Waals surface area contributed by atoms with Crippen LogP contribution < -0.4 is 5.32 Å². The van der Waals surface area contributed by atoms with Crippen LogP contribution in [-0.2, 0) is 27.1 Å². The Morgan fingerprint density at radius 3 is 1.98 bits per heavy atom. The Hall–Kier alpha value is -2.41. The molecule has 2 unspecified atom stereocenters. The van der Waals surface area contributed by atoms with Crippen molar-refractivity contribution in [1.29, 1.82) is 0 Å². The molecule has 1 N–H and O–H groups in total. The molecule has 2 saturated heterocycles. The summed E-state index contributed by atoms with van der Waals surface area (Å²) in [5.41, 5.74) is 4.67. The third-order valence-corrected chi connectivity index (χ3v) is 8.59. The second-order valence-corrected chi connectivity index (χ2v) is 14.4. The van der Waals surface area contributed by atoms with Crippen LogP contribution in [0.15, 0.2) is 48.5 Å². The highest BCUT2D eigenvalue weighted by molar-refractivity contribution is 5.69. The lowest BCUT2D eigenvalue weighted by Crippen LogP contribution is -2.46. The third kappa shape index (κ3) is 7.15. The number of carbonyl (C=O) groups is 1. The fraction of sp³-hybridized carbons (Fsp3) is 0.629. The fourth-order valence-corrected chi connectivity index (χ4v) is 6.97. The van der Waals surface area contributed by atoms with Crippen LogP contribution in [0.25, 0.3) is 0 Å². The normalized spacial score (nSPS) is 28.2. The molecule has 0 aliphatic carbocycles. The molecule has 0 aromatic heterocycles. The second kappa shape index (κ2) is 11.7. The van der Waals surface area contributed by atoms with Crippen LogP contribution in [0.4, 0.5) is 4.79 Å². The maximum Gasteiger partial charge on any atom is 0.410 e. The van der Waals surface area contributed by atoms with Crippen LogP contribution in [0.5, 0.6) is 0 Å². The number of ether oxygens (including phenoxy) is 3. The molecule has 41 heavy (non-hydrogen) atoms. The summed E-state index contributed by atoms with van der Waals surface area (Å²) in [7, 11) is 0. The van der Waals surface area contributed by atoms with E-state index in [1.807, 2.05) is 25.7 Å². The Kier molecular flexibility index (Phi) is 8.58. The molecular formula is C35H50N2O4. The van der Waals surface area contributed by atoms with E-state index in [4.69, 9.17) is 14.2 Å². The number of hydrogen-bond donors (Lipinski definition) is 1. The Morgan fingerprint density at radius 2 is 1.41 bits per heavy atom. The molecule has 0 saturated carbocycles. The minimum absolute atomic E-state index is 0.0384. The Labute approximate surface area is 247 Å². The number of hydrogen-bond acceptors (Lipinski definition) is 5. The SMILES string of the molecule is CC(C)(C)OC(=O)N1CCC[C@H]1C1OC(C)(C)Cc2ccccc21.CC1(C)Cc2ccccc2C([C@@H]2CCCN2)O1. The zero-order valence-corrected chi connectivity index (χ0v) is 26.2. The monoisotopic (exact) mass is 562 g/mol. The molecule has 1 amide bonds. The summed E-state index contributed by atoms with van der Waals surface area (Å²) < 4.78 is 18.4. The molecule has 0 spiro atoms.